The summed E-state index contributed by atoms with van der Waals surface area (Å²) in [5.41, 5.74) is 3.21. The lowest BCUT2D eigenvalue weighted by molar-refractivity contribution is 0.596. The molecule has 0 aliphatic heterocycles. The first kappa shape index (κ1) is 20.7. The third-order valence-corrected chi connectivity index (χ3v) is 6.83. The second kappa shape index (κ2) is 9.06. The monoisotopic (exact) mass is 428 g/mol. The van der Waals surface area contributed by atoms with Gasteiger partial charge in [0.05, 0.1) is 16.3 Å². The van der Waals surface area contributed by atoms with Gasteiger partial charge in [-0.15, -0.1) is 0 Å². The quantitative estimate of drug-likeness (QED) is 0.371. The fourth-order valence-corrected chi connectivity index (χ4v) is 4.95. The van der Waals surface area contributed by atoms with E-state index in [0.717, 1.165) is 5.69 Å². The lowest BCUT2D eigenvalue weighted by Crippen LogP contribution is -2.26. The minimum Gasteiger partial charge on any atom is -0.379 e. The summed E-state index contributed by atoms with van der Waals surface area (Å²) >= 11 is 0. The summed E-state index contributed by atoms with van der Waals surface area (Å²) in [5, 5.41) is 3.42. The zero-order valence-corrected chi connectivity index (χ0v) is 18.0. The Morgan fingerprint density at radius 2 is 1.10 bits per heavy atom. The number of rotatable bonds is 7. The molecule has 4 nitrogen and oxygen atoms in total. The van der Waals surface area contributed by atoms with Crippen LogP contribution in [0.1, 0.15) is 18.5 Å². The van der Waals surface area contributed by atoms with E-state index in [4.69, 9.17) is 0 Å². The van der Waals surface area contributed by atoms with Crippen molar-refractivity contribution in [2.75, 3.05) is 9.62 Å². The molecule has 5 heteroatoms. The minimum atomic E-state index is -3.80. The van der Waals surface area contributed by atoms with Crippen LogP contribution >= 0.6 is 0 Å². The van der Waals surface area contributed by atoms with Crippen LogP contribution in [0.5, 0.6) is 0 Å². The summed E-state index contributed by atoms with van der Waals surface area (Å²) in [6.45, 7) is 2.08. The molecular weight excluding hydrogens is 404 g/mol. The highest BCUT2D eigenvalue weighted by Crippen LogP contribution is 2.32. The Morgan fingerprint density at radius 3 is 1.58 bits per heavy atom. The van der Waals surface area contributed by atoms with E-state index in [0.29, 0.717) is 11.4 Å². The molecule has 0 bridgehead atoms. The number of hydrogen-bond donors (Lipinski definition) is 1. The molecule has 0 aliphatic carbocycles. The van der Waals surface area contributed by atoms with Crippen LogP contribution in [0.3, 0.4) is 0 Å². The maximum Gasteiger partial charge on any atom is 0.268 e. The van der Waals surface area contributed by atoms with Crippen LogP contribution in [-0.2, 0) is 10.0 Å². The molecule has 156 valence electrons. The van der Waals surface area contributed by atoms with E-state index in [1.807, 2.05) is 54.6 Å². The predicted molar refractivity (Wildman–Crippen MR) is 127 cm³/mol. The summed E-state index contributed by atoms with van der Waals surface area (Å²) < 4.78 is 28.6. The van der Waals surface area contributed by atoms with Crippen molar-refractivity contribution < 1.29 is 8.42 Å². The number of anilines is 3. The van der Waals surface area contributed by atoms with Gasteiger partial charge >= 0.3 is 0 Å². The molecule has 0 aromatic heterocycles. The van der Waals surface area contributed by atoms with Gasteiger partial charge in [0, 0.05) is 11.7 Å². The van der Waals surface area contributed by atoms with Gasteiger partial charge in [0.1, 0.15) is 0 Å². The van der Waals surface area contributed by atoms with E-state index in [-0.39, 0.29) is 10.9 Å². The topological polar surface area (TPSA) is 49.4 Å². The second-order valence-electron chi connectivity index (χ2n) is 7.24. The van der Waals surface area contributed by atoms with Gasteiger partial charge in [-0.05, 0) is 61.0 Å². The van der Waals surface area contributed by atoms with Crippen LogP contribution in [0.4, 0.5) is 17.1 Å². The molecule has 0 amide bonds. The van der Waals surface area contributed by atoms with E-state index < -0.39 is 10.0 Å². The number of benzene rings is 4. The summed E-state index contributed by atoms with van der Waals surface area (Å²) in [6.07, 6.45) is 0. The van der Waals surface area contributed by atoms with Crippen LogP contribution in [0.15, 0.2) is 120 Å². The first-order valence-electron chi connectivity index (χ1n) is 10.1. The normalized spacial score (nSPS) is 12.2. The van der Waals surface area contributed by atoms with Crippen LogP contribution in [0.2, 0.25) is 0 Å². The van der Waals surface area contributed by atoms with Gasteiger partial charge in [0.15, 0.2) is 0 Å². The zero-order valence-electron chi connectivity index (χ0n) is 17.2. The number of sulfonamides is 1. The summed E-state index contributed by atoms with van der Waals surface area (Å²) in [7, 11) is -3.80. The molecule has 0 spiro atoms. The fourth-order valence-electron chi connectivity index (χ4n) is 3.46. The number of para-hydroxylation sites is 2. The number of nitrogens with one attached hydrogen (secondary N) is 1. The Hall–Kier alpha value is -3.57. The number of hydrogen-bond acceptors (Lipinski definition) is 3. The minimum absolute atomic E-state index is 0.105. The molecule has 0 unspecified atom stereocenters. The highest BCUT2D eigenvalue weighted by molar-refractivity contribution is 7.93. The largest absolute Gasteiger partial charge is 0.379 e. The van der Waals surface area contributed by atoms with E-state index in [9.17, 15) is 8.42 Å². The van der Waals surface area contributed by atoms with Gasteiger partial charge in [-0.25, -0.2) is 12.7 Å². The van der Waals surface area contributed by atoms with Crippen LogP contribution in [-0.4, -0.2) is 8.42 Å². The van der Waals surface area contributed by atoms with Gasteiger partial charge < -0.3 is 5.32 Å². The summed E-state index contributed by atoms with van der Waals surface area (Å²) in [6, 6.07) is 35.4. The molecule has 4 aromatic carbocycles. The third-order valence-electron chi connectivity index (χ3n) is 5.06. The second-order valence-corrected chi connectivity index (χ2v) is 9.03. The molecule has 0 aliphatic rings. The van der Waals surface area contributed by atoms with Crippen molar-refractivity contribution in [2.24, 2.45) is 0 Å². The van der Waals surface area contributed by atoms with Gasteiger partial charge in [0.2, 0.25) is 0 Å². The van der Waals surface area contributed by atoms with E-state index >= 15 is 0 Å². The van der Waals surface area contributed by atoms with E-state index in [1.54, 1.807) is 48.5 Å². The summed E-state index contributed by atoms with van der Waals surface area (Å²) in [4.78, 5) is 0.234. The average Bonchev–Trinajstić information content (AvgIpc) is 2.81. The highest BCUT2D eigenvalue weighted by Gasteiger charge is 2.26. The molecule has 31 heavy (non-hydrogen) atoms. The Morgan fingerprint density at radius 1 is 0.645 bits per heavy atom. The van der Waals surface area contributed by atoms with Crippen molar-refractivity contribution >= 4 is 27.1 Å². The maximum atomic E-state index is 13.6. The Bertz CT molecular complexity index is 1170. The van der Waals surface area contributed by atoms with Crippen molar-refractivity contribution in [3.8, 4) is 0 Å². The van der Waals surface area contributed by atoms with Gasteiger partial charge in [-0.2, -0.15) is 0 Å². The van der Waals surface area contributed by atoms with Gasteiger partial charge in [0.25, 0.3) is 10.0 Å². The maximum absolute atomic E-state index is 13.6. The summed E-state index contributed by atoms with van der Waals surface area (Å²) in [5.74, 6) is 0. The first-order chi connectivity index (χ1) is 15.1. The Kier molecular flexibility index (Phi) is 6.05. The Balaban J connectivity index is 1.64. The van der Waals surface area contributed by atoms with Crippen LogP contribution < -0.4 is 9.62 Å². The Labute approximate surface area is 183 Å². The molecule has 0 heterocycles. The van der Waals surface area contributed by atoms with Crippen molar-refractivity contribution in [3.05, 3.63) is 121 Å². The predicted octanol–water partition coefficient (Wildman–Crippen LogP) is 6.39. The van der Waals surface area contributed by atoms with Crippen molar-refractivity contribution in [2.45, 2.75) is 17.9 Å². The molecule has 1 N–H and O–H groups in total. The average molecular weight is 429 g/mol. The SMILES string of the molecule is C[C@H](Nc1ccc(S(=O)(=O)N(c2ccccc2)c2ccccc2)cc1)c1ccccc1. The molecule has 0 saturated carbocycles. The molecule has 4 aromatic rings. The highest BCUT2D eigenvalue weighted by atomic mass is 32.2. The van der Waals surface area contributed by atoms with Crippen molar-refractivity contribution in [1.29, 1.82) is 0 Å². The smallest absolute Gasteiger partial charge is 0.268 e. The molecule has 0 radical (unpaired) electrons. The van der Waals surface area contributed by atoms with Crippen molar-refractivity contribution in [1.82, 2.24) is 0 Å². The molecular formula is C26H24N2O2S. The van der Waals surface area contributed by atoms with E-state index in [2.05, 4.69) is 24.4 Å². The first-order valence-corrected chi connectivity index (χ1v) is 11.6. The van der Waals surface area contributed by atoms with Gasteiger partial charge in [-0.3, -0.25) is 0 Å². The molecule has 1 atom stereocenters. The molecule has 0 saturated heterocycles. The molecule has 4 rings (SSSR count). The lowest BCUT2D eigenvalue weighted by atomic mass is 10.1. The van der Waals surface area contributed by atoms with Crippen LogP contribution in [0, 0.1) is 0 Å². The zero-order chi connectivity index (χ0) is 21.7. The number of nitrogens with zero attached hydrogens (tertiary/aromatic N) is 1. The van der Waals surface area contributed by atoms with Crippen LogP contribution in [0.25, 0.3) is 0 Å². The lowest BCUT2D eigenvalue weighted by Gasteiger charge is -2.25. The van der Waals surface area contributed by atoms with Crippen molar-refractivity contribution in [3.63, 3.8) is 0 Å². The third kappa shape index (κ3) is 4.62. The standard InChI is InChI=1S/C26H24N2O2S/c1-21(22-11-5-2-6-12-22)27-23-17-19-26(20-18-23)31(29,30)28(24-13-7-3-8-14-24)25-15-9-4-10-16-25/h2-21,27H,1H3/t21-/m0/s1. The molecule has 0 fully saturated rings. The van der Waals surface area contributed by atoms with Gasteiger partial charge in [-0.1, -0.05) is 66.7 Å². The fraction of sp³-hybridized carbons (Fsp3) is 0.0769. The van der Waals surface area contributed by atoms with E-state index in [1.165, 1.54) is 9.87 Å².